The van der Waals surface area contributed by atoms with Gasteiger partial charge in [-0.1, -0.05) is 11.3 Å². The number of thiazole rings is 1. The Labute approximate surface area is 131 Å². The summed E-state index contributed by atoms with van der Waals surface area (Å²) in [7, 11) is 0. The van der Waals surface area contributed by atoms with Crippen LogP contribution in [0.1, 0.15) is 55.5 Å². The van der Waals surface area contributed by atoms with Crippen molar-refractivity contribution in [2.24, 2.45) is 0 Å². The lowest BCUT2D eigenvalue weighted by molar-refractivity contribution is -0.144. The number of nitrogens with two attached hydrogens (primary N) is 1. The number of rotatable bonds is 3. The average molecular weight is 326 g/mol. The van der Waals surface area contributed by atoms with Crippen LogP contribution in [0.2, 0.25) is 0 Å². The summed E-state index contributed by atoms with van der Waals surface area (Å²) in [6.45, 7) is 5.16. The lowest BCUT2D eigenvalue weighted by Gasteiger charge is -2.21. The fourth-order valence-corrected chi connectivity index (χ4v) is 3.24. The van der Waals surface area contributed by atoms with Crippen molar-refractivity contribution in [3.63, 3.8) is 0 Å². The van der Waals surface area contributed by atoms with Gasteiger partial charge >= 0.3 is 11.9 Å². The summed E-state index contributed by atoms with van der Waals surface area (Å²) in [5.41, 5.74) is 3.84. The Morgan fingerprint density at radius 2 is 2.05 bits per heavy atom. The number of esters is 1. The first-order chi connectivity index (χ1) is 10.0. The molecular formula is C14H18N2O5S. The molecule has 1 saturated carbocycles. The number of nitrogen functional groups attached to an aromatic ring is 1. The molecule has 1 aliphatic rings. The molecule has 1 heterocycles. The normalized spacial score (nSPS) is 21.9. The van der Waals surface area contributed by atoms with Crippen LogP contribution in [-0.4, -0.2) is 33.4 Å². The molecule has 120 valence electrons. The van der Waals surface area contributed by atoms with Crippen molar-refractivity contribution in [3.05, 3.63) is 10.7 Å². The Balaban J connectivity index is 2.39. The summed E-state index contributed by atoms with van der Waals surface area (Å²) in [6, 6.07) is 0. The molecule has 0 aliphatic heterocycles. The van der Waals surface area contributed by atoms with Crippen molar-refractivity contribution in [2.45, 2.75) is 51.0 Å². The molecule has 7 nitrogen and oxygen atoms in total. The quantitative estimate of drug-likeness (QED) is 0.812. The molecule has 0 spiro atoms. The summed E-state index contributed by atoms with van der Waals surface area (Å²) >= 11 is 0.885. The van der Waals surface area contributed by atoms with E-state index in [-0.39, 0.29) is 40.7 Å². The highest BCUT2D eigenvalue weighted by Crippen LogP contribution is 2.43. The van der Waals surface area contributed by atoms with Crippen LogP contribution >= 0.6 is 11.3 Å². The van der Waals surface area contributed by atoms with Gasteiger partial charge in [0.2, 0.25) is 5.01 Å². The molecule has 1 aromatic heterocycles. The number of hydrogen-bond acceptors (Lipinski definition) is 7. The molecule has 1 aliphatic carbocycles. The van der Waals surface area contributed by atoms with Gasteiger partial charge in [0.15, 0.2) is 0 Å². The van der Waals surface area contributed by atoms with Crippen molar-refractivity contribution in [2.75, 3.05) is 5.73 Å². The number of carboxylic acids is 1. The molecule has 0 amide bonds. The number of carbonyl (C=O) groups excluding carboxylic acids is 2. The smallest absolute Gasteiger partial charge is 0.368 e. The van der Waals surface area contributed by atoms with Crippen molar-refractivity contribution in [1.82, 2.24) is 4.98 Å². The van der Waals surface area contributed by atoms with Crippen LogP contribution in [0.5, 0.6) is 0 Å². The van der Waals surface area contributed by atoms with Crippen LogP contribution in [0.4, 0.5) is 5.00 Å². The van der Waals surface area contributed by atoms with Crippen molar-refractivity contribution >= 4 is 34.1 Å². The highest BCUT2D eigenvalue weighted by Gasteiger charge is 2.50. The number of hydrogen-bond donors (Lipinski definition) is 2. The molecular weight excluding hydrogens is 308 g/mol. The predicted molar refractivity (Wildman–Crippen MR) is 79.9 cm³/mol. The fraction of sp³-hybridized carbons (Fsp3) is 0.571. The molecule has 0 bridgehead atoms. The summed E-state index contributed by atoms with van der Waals surface area (Å²) in [4.78, 5) is 39.4. The summed E-state index contributed by atoms with van der Waals surface area (Å²) in [5.74, 6) is -1.94. The van der Waals surface area contributed by atoms with Crippen molar-refractivity contribution < 1.29 is 24.2 Å². The van der Waals surface area contributed by atoms with Gasteiger partial charge in [0.25, 0.3) is 0 Å². The molecule has 1 fully saturated rings. The second-order valence-electron chi connectivity index (χ2n) is 6.34. The summed E-state index contributed by atoms with van der Waals surface area (Å²) in [5, 5.41) is 9.67. The Kier molecular flexibility index (Phi) is 3.99. The number of Topliss-reactive ketones (excluding diaryl/α,β-unsaturated/α-hetero) is 1. The van der Waals surface area contributed by atoms with Gasteiger partial charge in [-0.25, -0.2) is 9.78 Å². The van der Waals surface area contributed by atoms with E-state index in [9.17, 15) is 19.5 Å². The molecule has 2 rings (SSSR count). The van der Waals surface area contributed by atoms with E-state index >= 15 is 0 Å². The predicted octanol–water partition coefficient (Wildman–Crippen LogP) is 1.76. The van der Waals surface area contributed by atoms with Crippen LogP contribution < -0.4 is 5.73 Å². The Morgan fingerprint density at radius 3 is 2.50 bits per heavy atom. The van der Waals surface area contributed by atoms with Gasteiger partial charge in [-0.05, 0) is 27.2 Å². The van der Waals surface area contributed by atoms with Crippen LogP contribution in [0.3, 0.4) is 0 Å². The van der Waals surface area contributed by atoms with E-state index in [1.54, 1.807) is 20.8 Å². The van der Waals surface area contributed by atoms with Crippen molar-refractivity contribution in [3.8, 4) is 0 Å². The second kappa shape index (κ2) is 5.35. The zero-order chi connectivity index (χ0) is 16.7. The van der Waals surface area contributed by atoms with Gasteiger partial charge < -0.3 is 15.6 Å². The first-order valence-electron chi connectivity index (χ1n) is 6.80. The zero-order valence-corrected chi connectivity index (χ0v) is 13.5. The van der Waals surface area contributed by atoms with Crippen molar-refractivity contribution in [1.29, 1.82) is 0 Å². The van der Waals surface area contributed by atoms with E-state index in [4.69, 9.17) is 10.5 Å². The standard InChI is InChI=1S/C14H18N2O5S/c1-13(2,3)21-11(18)10-16-8(9(15)22-10)14(12(19)20)5-4-7(17)6-14/h4-6,15H2,1-3H3,(H,19,20). The summed E-state index contributed by atoms with van der Waals surface area (Å²) in [6.07, 6.45) is 0.165. The van der Waals surface area contributed by atoms with E-state index in [0.29, 0.717) is 0 Å². The fourth-order valence-electron chi connectivity index (χ4n) is 2.44. The van der Waals surface area contributed by atoms with Crippen LogP contribution in [0, 0.1) is 0 Å². The van der Waals surface area contributed by atoms with E-state index in [1.165, 1.54) is 0 Å². The minimum atomic E-state index is -1.43. The third kappa shape index (κ3) is 2.96. The monoisotopic (exact) mass is 326 g/mol. The topological polar surface area (TPSA) is 120 Å². The molecule has 1 unspecified atom stereocenters. The van der Waals surface area contributed by atoms with Crippen LogP contribution in [-0.2, 0) is 19.7 Å². The number of aliphatic carboxylic acids is 1. The molecule has 22 heavy (non-hydrogen) atoms. The first-order valence-corrected chi connectivity index (χ1v) is 7.62. The largest absolute Gasteiger partial charge is 0.481 e. The van der Waals surface area contributed by atoms with Crippen LogP contribution in [0.15, 0.2) is 0 Å². The maximum Gasteiger partial charge on any atom is 0.368 e. The molecule has 1 atom stereocenters. The second-order valence-corrected chi connectivity index (χ2v) is 7.37. The highest BCUT2D eigenvalue weighted by molar-refractivity contribution is 7.17. The number of nitrogens with zero attached hydrogens (tertiary/aromatic N) is 1. The first kappa shape index (κ1) is 16.4. The van der Waals surface area contributed by atoms with Gasteiger partial charge in [0.05, 0.1) is 5.69 Å². The number of carboxylic acid groups (broad SMARTS) is 1. The number of anilines is 1. The van der Waals surface area contributed by atoms with Gasteiger partial charge in [-0.2, -0.15) is 0 Å². The van der Waals surface area contributed by atoms with E-state index in [0.717, 1.165) is 11.3 Å². The molecule has 0 saturated heterocycles. The zero-order valence-electron chi connectivity index (χ0n) is 12.6. The van der Waals surface area contributed by atoms with Crippen LogP contribution in [0.25, 0.3) is 0 Å². The number of carbonyl (C=O) groups is 3. The minimum Gasteiger partial charge on any atom is -0.481 e. The van der Waals surface area contributed by atoms with Gasteiger partial charge in [-0.15, -0.1) is 0 Å². The number of ketones is 1. The Hall–Kier alpha value is -1.96. The third-order valence-corrected chi connectivity index (χ3v) is 4.28. The van der Waals surface area contributed by atoms with Gasteiger partial charge in [0, 0.05) is 12.8 Å². The molecule has 3 N–H and O–H groups in total. The average Bonchev–Trinajstić information content (AvgIpc) is 2.91. The van der Waals surface area contributed by atoms with Gasteiger partial charge in [-0.3, -0.25) is 9.59 Å². The van der Waals surface area contributed by atoms with Gasteiger partial charge in [0.1, 0.15) is 21.8 Å². The number of ether oxygens (including phenoxy) is 1. The molecule has 8 heteroatoms. The maximum atomic E-state index is 12.0. The Bertz CT molecular complexity index is 646. The lowest BCUT2D eigenvalue weighted by atomic mass is 9.83. The van der Waals surface area contributed by atoms with E-state index in [1.807, 2.05) is 0 Å². The minimum absolute atomic E-state index is 0.00222. The molecule has 0 aromatic carbocycles. The van der Waals surface area contributed by atoms with E-state index < -0.39 is 23.0 Å². The molecule has 0 radical (unpaired) electrons. The maximum absolute atomic E-state index is 12.0. The Morgan fingerprint density at radius 1 is 1.41 bits per heavy atom. The van der Waals surface area contributed by atoms with E-state index in [2.05, 4.69) is 4.98 Å². The third-order valence-electron chi connectivity index (χ3n) is 3.42. The number of aromatic nitrogens is 1. The highest BCUT2D eigenvalue weighted by atomic mass is 32.1. The lowest BCUT2D eigenvalue weighted by Crippen LogP contribution is -2.34. The molecule has 1 aromatic rings. The SMILES string of the molecule is CC(C)(C)OC(=O)c1nc(C2(C(=O)O)CCC(=O)C2)c(N)s1. The summed E-state index contributed by atoms with van der Waals surface area (Å²) < 4.78 is 5.21.